The quantitative estimate of drug-likeness (QED) is 0.486. The van der Waals surface area contributed by atoms with Gasteiger partial charge in [0, 0.05) is 32.6 Å². The number of nitrogens with zero attached hydrogens (tertiary/aromatic N) is 1. The van der Waals surface area contributed by atoms with Crippen molar-refractivity contribution in [2.75, 3.05) is 40.3 Å². The van der Waals surface area contributed by atoms with Crippen LogP contribution in [0.25, 0.3) is 0 Å². The van der Waals surface area contributed by atoms with Crippen molar-refractivity contribution in [3.8, 4) is 0 Å². The third kappa shape index (κ3) is 11.6. The largest absolute Gasteiger partial charge is 0.390 e. The maximum Gasteiger partial charge on any atom is 0.221 e. The molecular formula is C12H27N3O2. The molecule has 0 aromatic heterocycles. The Balaban J connectivity index is 3.41. The fraction of sp³-hybridized carbons (Fsp3) is 0.917. The maximum atomic E-state index is 11.3. The lowest BCUT2D eigenvalue weighted by Gasteiger charge is -2.16. The van der Waals surface area contributed by atoms with E-state index in [0.717, 1.165) is 6.54 Å². The van der Waals surface area contributed by atoms with Gasteiger partial charge in [-0.05, 0) is 20.0 Å². The van der Waals surface area contributed by atoms with Gasteiger partial charge in [-0.2, -0.15) is 0 Å². The number of likely N-dealkylation sites (N-methyl/N-ethyl adjacent to an activating group) is 1. The Bertz CT molecular complexity index is 208. The molecule has 0 heterocycles. The van der Waals surface area contributed by atoms with Gasteiger partial charge >= 0.3 is 0 Å². The van der Waals surface area contributed by atoms with E-state index >= 15 is 0 Å². The van der Waals surface area contributed by atoms with E-state index in [2.05, 4.69) is 24.5 Å². The number of carbonyl (C=O) groups is 1. The minimum atomic E-state index is -0.385. The van der Waals surface area contributed by atoms with Crippen molar-refractivity contribution in [1.82, 2.24) is 15.5 Å². The fourth-order valence-electron chi connectivity index (χ4n) is 1.36. The average molecular weight is 245 g/mol. The van der Waals surface area contributed by atoms with Crippen LogP contribution >= 0.6 is 0 Å². The zero-order valence-electron chi connectivity index (χ0n) is 11.5. The molecule has 0 aromatic rings. The third-order valence-corrected chi connectivity index (χ3v) is 2.19. The van der Waals surface area contributed by atoms with Gasteiger partial charge in [0.2, 0.25) is 5.91 Å². The predicted octanol–water partition coefficient (Wildman–Crippen LogP) is -0.339. The standard InChI is InChI=1S/C12H27N3O2/c1-10(2)7-14-12(17)5-6-13-8-11(16)9-15(3)4/h10-11,13,16H,5-9H2,1-4H3,(H,14,17). The first-order valence-corrected chi connectivity index (χ1v) is 6.22. The van der Waals surface area contributed by atoms with Crippen molar-refractivity contribution in [2.24, 2.45) is 5.92 Å². The van der Waals surface area contributed by atoms with Crippen LogP contribution in [0.4, 0.5) is 0 Å². The molecule has 0 aliphatic rings. The van der Waals surface area contributed by atoms with Crippen LogP contribution in [0, 0.1) is 5.92 Å². The Labute approximate surface area is 105 Å². The summed E-state index contributed by atoms with van der Waals surface area (Å²) >= 11 is 0. The Morgan fingerprint density at radius 3 is 2.47 bits per heavy atom. The van der Waals surface area contributed by atoms with Crippen molar-refractivity contribution in [3.05, 3.63) is 0 Å². The molecule has 1 unspecified atom stereocenters. The van der Waals surface area contributed by atoms with E-state index in [1.54, 1.807) is 0 Å². The van der Waals surface area contributed by atoms with Gasteiger partial charge in [0.15, 0.2) is 0 Å². The molecule has 1 atom stereocenters. The fourth-order valence-corrected chi connectivity index (χ4v) is 1.36. The smallest absolute Gasteiger partial charge is 0.221 e. The summed E-state index contributed by atoms with van der Waals surface area (Å²) in [5, 5.41) is 15.5. The van der Waals surface area contributed by atoms with Crippen LogP contribution in [0.2, 0.25) is 0 Å². The first-order chi connectivity index (χ1) is 7.91. The Hall–Kier alpha value is -0.650. The summed E-state index contributed by atoms with van der Waals surface area (Å²) in [5.41, 5.74) is 0. The highest BCUT2D eigenvalue weighted by Gasteiger charge is 2.05. The minimum absolute atomic E-state index is 0.0632. The Morgan fingerprint density at radius 1 is 1.29 bits per heavy atom. The lowest BCUT2D eigenvalue weighted by molar-refractivity contribution is -0.121. The molecule has 5 heteroatoms. The minimum Gasteiger partial charge on any atom is -0.390 e. The van der Waals surface area contributed by atoms with Crippen molar-refractivity contribution in [3.63, 3.8) is 0 Å². The van der Waals surface area contributed by atoms with Crippen molar-refractivity contribution in [1.29, 1.82) is 0 Å². The number of amides is 1. The summed E-state index contributed by atoms with van der Waals surface area (Å²) in [6.45, 7) is 6.62. The Morgan fingerprint density at radius 2 is 1.94 bits per heavy atom. The summed E-state index contributed by atoms with van der Waals surface area (Å²) in [5.74, 6) is 0.544. The normalized spacial score (nSPS) is 13.1. The molecule has 0 fully saturated rings. The monoisotopic (exact) mass is 245 g/mol. The van der Waals surface area contributed by atoms with E-state index in [0.29, 0.717) is 32.0 Å². The van der Waals surface area contributed by atoms with E-state index in [1.807, 2.05) is 19.0 Å². The van der Waals surface area contributed by atoms with Gasteiger partial charge in [-0.25, -0.2) is 0 Å². The highest BCUT2D eigenvalue weighted by molar-refractivity contribution is 5.76. The number of hydrogen-bond acceptors (Lipinski definition) is 4. The van der Waals surface area contributed by atoms with E-state index in [9.17, 15) is 9.90 Å². The summed E-state index contributed by atoms with van der Waals surface area (Å²) in [6.07, 6.45) is 0.0743. The van der Waals surface area contributed by atoms with Crippen molar-refractivity contribution < 1.29 is 9.90 Å². The second-order valence-corrected chi connectivity index (χ2v) is 5.07. The molecule has 0 aliphatic carbocycles. The molecule has 1 amide bonds. The molecule has 102 valence electrons. The number of nitrogens with one attached hydrogen (secondary N) is 2. The number of aliphatic hydroxyl groups excluding tert-OH is 1. The molecule has 0 radical (unpaired) electrons. The van der Waals surface area contributed by atoms with Crippen LogP contribution in [-0.2, 0) is 4.79 Å². The molecule has 0 saturated carbocycles. The van der Waals surface area contributed by atoms with Gasteiger partial charge in [-0.1, -0.05) is 13.8 Å². The predicted molar refractivity (Wildman–Crippen MR) is 69.9 cm³/mol. The van der Waals surface area contributed by atoms with Gasteiger partial charge < -0.3 is 20.6 Å². The highest BCUT2D eigenvalue weighted by atomic mass is 16.3. The maximum absolute atomic E-state index is 11.3. The van der Waals surface area contributed by atoms with Gasteiger partial charge in [0.25, 0.3) is 0 Å². The van der Waals surface area contributed by atoms with E-state index in [-0.39, 0.29) is 12.0 Å². The summed E-state index contributed by atoms with van der Waals surface area (Å²) in [6, 6.07) is 0. The zero-order valence-corrected chi connectivity index (χ0v) is 11.5. The number of rotatable bonds is 9. The number of hydrogen-bond donors (Lipinski definition) is 3. The summed E-state index contributed by atoms with van der Waals surface area (Å²) in [4.78, 5) is 13.3. The van der Waals surface area contributed by atoms with Crippen LogP contribution in [-0.4, -0.2) is 62.3 Å². The number of aliphatic hydroxyl groups is 1. The van der Waals surface area contributed by atoms with Gasteiger partial charge in [0.05, 0.1) is 6.10 Å². The van der Waals surface area contributed by atoms with Crippen molar-refractivity contribution >= 4 is 5.91 Å². The molecule has 0 spiro atoms. The molecule has 0 saturated heterocycles. The Kier molecular flexibility index (Phi) is 9.03. The third-order valence-electron chi connectivity index (χ3n) is 2.19. The molecule has 0 aromatic carbocycles. The van der Waals surface area contributed by atoms with Gasteiger partial charge in [-0.3, -0.25) is 4.79 Å². The van der Waals surface area contributed by atoms with Crippen LogP contribution in [0.5, 0.6) is 0 Å². The van der Waals surface area contributed by atoms with E-state index < -0.39 is 0 Å². The first-order valence-electron chi connectivity index (χ1n) is 6.22. The van der Waals surface area contributed by atoms with Crippen LogP contribution in [0.1, 0.15) is 20.3 Å². The average Bonchev–Trinajstić information content (AvgIpc) is 2.20. The summed E-state index contributed by atoms with van der Waals surface area (Å²) < 4.78 is 0. The number of carbonyl (C=O) groups excluding carboxylic acids is 1. The van der Waals surface area contributed by atoms with Crippen LogP contribution < -0.4 is 10.6 Å². The molecule has 17 heavy (non-hydrogen) atoms. The molecule has 0 rings (SSSR count). The SMILES string of the molecule is CC(C)CNC(=O)CCNCC(O)CN(C)C. The van der Waals surface area contributed by atoms with Crippen molar-refractivity contribution in [2.45, 2.75) is 26.4 Å². The molecule has 3 N–H and O–H groups in total. The van der Waals surface area contributed by atoms with Crippen LogP contribution in [0.15, 0.2) is 0 Å². The summed E-state index contributed by atoms with van der Waals surface area (Å²) in [7, 11) is 3.84. The van der Waals surface area contributed by atoms with E-state index in [1.165, 1.54) is 0 Å². The zero-order chi connectivity index (χ0) is 13.3. The topological polar surface area (TPSA) is 64.6 Å². The molecule has 0 aliphatic heterocycles. The molecular weight excluding hydrogens is 218 g/mol. The van der Waals surface area contributed by atoms with E-state index in [4.69, 9.17) is 0 Å². The first kappa shape index (κ1) is 16.4. The molecule has 5 nitrogen and oxygen atoms in total. The molecule has 0 bridgehead atoms. The van der Waals surface area contributed by atoms with Gasteiger partial charge in [-0.15, -0.1) is 0 Å². The second kappa shape index (κ2) is 9.39. The lowest BCUT2D eigenvalue weighted by atomic mass is 10.2. The van der Waals surface area contributed by atoms with Gasteiger partial charge in [0.1, 0.15) is 0 Å². The second-order valence-electron chi connectivity index (χ2n) is 5.07. The highest BCUT2D eigenvalue weighted by Crippen LogP contribution is 1.88. The lowest BCUT2D eigenvalue weighted by Crippen LogP contribution is -2.37. The van der Waals surface area contributed by atoms with Crippen LogP contribution in [0.3, 0.4) is 0 Å².